The van der Waals surface area contributed by atoms with Gasteiger partial charge in [-0.2, -0.15) is 8.78 Å². The Bertz CT molecular complexity index is 1200. The molecular formula is C27H31F2N3O3. The molecule has 1 atom stereocenters. The molecule has 1 aliphatic heterocycles. The monoisotopic (exact) mass is 483 g/mol. The molecule has 186 valence electrons. The first-order valence-electron chi connectivity index (χ1n) is 12.4. The number of aromatic nitrogens is 2. The zero-order chi connectivity index (χ0) is 24.5. The first-order chi connectivity index (χ1) is 17.0. The zero-order valence-corrected chi connectivity index (χ0v) is 20.2. The van der Waals surface area contributed by atoms with E-state index in [1.165, 1.54) is 26.4 Å². The van der Waals surface area contributed by atoms with Crippen molar-refractivity contribution in [1.82, 2.24) is 9.55 Å². The van der Waals surface area contributed by atoms with Gasteiger partial charge >= 0.3 is 12.7 Å². The van der Waals surface area contributed by atoms with Gasteiger partial charge < -0.3 is 14.0 Å². The maximum absolute atomic E-state index is 12.6. The van der Waals surface area contributed by atoms with Crippen LogP contribution < -0.4 is 9.64 Å². The van der Waals surface area contributed by atoms with E-state index < -0.39 is 6.61 Å². The van der Waals surface area contributed by atoms with E-state index in [-0.39, 0.29) is 17.9 Å². The quantitative estimate of drug-likeness (QED) is 0.408. The molecule has 1 saturated carbocycles. The molecule has 6 nitrogen and oxygen atoms in total. The smallest absolute Gasteiger partial charge is 0.414 e. The van der Waals surface area contributed by atoms with Crippen LogP contribution in [0.1, 0.15) is 68.4 Å². The van der Waals surface area contributed by atoms with Crippen molar-refractivity contribution in [2.24, 2.45) is 0 Å². The summed E-state index contributed by atoms with van der Waals surface area (Å²) >= 11 is 0. The van der Waals surface area contributed by atoms with Gasteiger partial charge in [0.15, 0.2) is 0 Å². The fraction of sp³-hybridized carbons (Fsp3) is 0.481. The number of fused-ring (bicyclic) bond motifs is 3. The lowest BCUT2D eigenvalue weighted by atomic mass is 9.94. The van der Waals surface area contributed by atoms with Crippen molar-refractivity contribution in [3.05, 3.63) is 53.3 Å². The summed E-state index contributed by atoms with van der Waals surface area (Å²) in [5, 5.41) is 0. The number of anilines is 1. The van der Waals surface area contributed by atoms with Gasteiger partial charge in [0, 0.05) is 24.1 Å². The molecule has 2 aromatic carbocycles. The van der Waals surface area contributed by atoms with Gasteiger partial charge in [-0.3, -0.25) is 4.90 Å². The van der Waals surface area contributed by atoms with E-state index in [4.69, 9.17) is 9.72 Å². The van der Waals surface area contributed by atoms with Gasteiger partial charge in [0.2, 0.25) is 0 Å². The van der Waals surface area contributed by atoms with Crippen molar-refractivity contribution in [1.29, 1.82) is 0 Å². The number of hydrogen-bond donors (Lipinski definition) is 0. The third-order valence-electron chi connectivity index (χ3n) is 7.35. The van der Waals surface area contributed by atoms with Gasteiger partial charge in [-0.05, 0) is 62.4 Å². The maximum Gasteiger partial charge on any atom is 0.414 e. The van der Waals surface area contributed by atoms with Gasteiger partial charge in [0.1, 0.15) is 11.6 Å². The van der Waals surface area contributed by atoms with Gasteiger partial charge in [-0.15, -0.1) is 0 Å². The topological polar surface area (TPSA) is 56.6 Å². The SMILES string of the molecule is COC(=O)N1c2ccc3c(nc(Cc4ccc(OC(F)F)cc4)n3C3CCCCC3)c2CC[C@@H]1C. The highest BCUT2D eigenvalue weighted by molar-refractivity contribution is 5.95. The van der Waals surface area contributed by atoms with Crippen molar-refractivity contribution in [2.45, 2.75) is 77.0 Å². The molecule has 0 spiro atoms. The standard InChI is InChI=1S/C27H31F2N3O3/c1-17-8-13-21-22(31(17)27(33)34-2)14-15-23-25(21)30-24(32(23)19-6-4-3-5-7-19)16-18-9-11-20(12-10-18)35-26(28)29/h9-12,14-15,17,19,26H,3-8,13,16H2,1-2H3/t17-/m0/s1. The normalized spacial score (nSPS) is 18.7. The second-order valence-corrected chi connectivity index (χ2v) is 9.55. The lowest BCUT2D eigenvalue weighted by molar-refractivity contribution is -0.0498. The third-order valence-corrected chi connectivity index (χ3v) is 7.35. The number of hydrogen-bond acceptors (Lipinski definition) is 4. The number of amides is 1. The van der Waals surface area contributed by atoms with E-state index in [0.29, 0.717) is 12.5 Å². The highest BCUT2D eigenvalue weighted by atomic mass is 19.3. The number of alkyl halides is 2. The average molecular weight is 484 g/mol. The Labute approximate surface area is 203 Å². The molecule has 0 saturated heterocycles. The molecule has 0 N–H and O–H groups in total. The molecule has 2 aliphatic rings. The van der Waals surface area contributed by atoms with Crippen LogP contribution in [0.2, 0.25) is 0 Å². The Balaban J connectivity index is 1.58. The van der Waals surface area contributed by atoms with Crippen LogP contribution in [0.15, 0.2) is 36.4 Å². The van der Waals surface area contributed by atoms with Crippen LogP contribution in [0.5, 0.6) is 5.75 Å². The Morgan fingerprint density at radius 1 is 1.09 bits per heavy atom. The van der Waals surface area contributed by atoms with E-state index in [1.54, 1.807) is 17.0 Å². The maximum atomic E-state index is 12.6. The number of rotatable bonds is 5. The summed E-state index contributed by atoms with van der Waals surface area (Å²) in [4.78, 5) is 19.4. The number of carbonyl (C=O) groups excluding carboxylic acids is 1. The number of carbonyl (C=O) groups is 1. The third kappa shape index (κ3) is 4.58. The molecule has 5 rings (SSSR count). The summed E-state index contributed by atoms with van der Waals surface area (Å²) in [6.07, 6.45) is 7.81. The molecule has 3 aromatic rings. The summed E-state index contributed by atoms with van der Waals surface area (Å²) in [5.41, 5.74) is 4.99. The molecule has 1 aromatic heterocycles. The molecule has 0 bridgehead atoms. The van der Waals surface area contributed by atoms with Crippen LogP contribution >= 0.6 is 0 Å². The minimum absolute atomic E-state index is 0.0567. The highest BCUT2D eigenvalue weighted by Crippen LogP contribution is 2.39. The molecule has 1 amide bonds. The van der Waals surface area contributed by atoms with E-state index in [2.05, 4.69) is 15.4 Å². The molecular weight excluding hydrogens is 452 g/mol. The minimum Gasteiger partial charge on any atom is -0.452 e. The highest BCUT2D eigenvalue weighted by Gasteiger charge is 2.32. The second kappa shape index (κ2) is 9.84. The van der Waals surface area contributed by atoms with Crippen molar-refractivity contribution in [3.8, 4) is 5.75 Å². The van der Waals surface area contributed by atoms with Gasteiger partial charge in [0.25, 0.3) is 0 Å². The van der Waals surface area contributed by atoms with E-state index >= 15 is 0 Å². The predicted octanol–water partition coefficient (Wildman–Crippen LogP) is 6.64. The number of halogens is 2. The second-order valence-electron chi connectivity index (χ2n) is 9.55. The van der Waals surface area contributed by atoms with Crippen molar-refractivity contribution < 1.29 is 23.0 Å². The number of aryl methyl sites for hydroxylation is 1. The number of nitrogens with zero attached hydrogens (tertiary/aromatic N) is 3. The zero-order valence-electron chi connectivity index (χ0n) is 20.2. The first kappa shape index (κ1) is 23.6. The largest absolute Gasteiger partial charge is 0.452 e. The summed E-state index contributed by atoms with van der Waals surface area (Å²) in [6.45, 7) is -0.799. The van der Waals surface area contributed by atoms with Crippen molar-refractivity contribution in [2.75, 3.05) is 12.0 Å². The Morgan fingerprint density at radius 2 is 1.83 bits per heavy atom. The van der Waals surface area contributed by atoms with E-state index in [9.17, 15) is 13.6 Å². The number of imidazole rings is 1. The van der Waals surface area contributed by atoms with Crippen LogP contribution in [0.4, 0.5) is 19.3 Å². The fourth-order valence-corrected chi connectivity index (χ4v) is 5.67. The Kier molecular flexibility index (Phi) is 6.62. The van der Waals surface area contributed by atoms with Crippen molar-refractivity contribution in [3.63, 3.8) is 0 Å². The number of ether oxygens (including phenoxy) is 2. The molecule has 2 heterocycles. The summed E-state index contributed by atoms with van der Waals surface area (Å²) < 4.78 is 37.0. The summed E-state index contributed by atoms with van der Waals surface area (Å²) in [7, 11) is 1.41. The fourth-order valence-electron chi connectivity index (χ4n) is 5.67. The first-order valence-corrected chi connectivity index (χ1v) is 12.4. The van der Waals surface area contributed by atoms with Crippen LogP contribution in [-0.2, 0) is 17.6 Å². The van der Waals surface area contributed by atoms with Crippen LogP contribution in [0, 0.1) is 0 Å². The Hall–Kier alpha value is -3.16. The average Bonchev–Trinajstić information content (AvgIpc) is 3.23. The molecule has 0 unspecified atom stereocenters. The number of benzene rings is 2. The summed E-state index contributed by atoms with van der Waals surface area (Å²) in [6, 6.07) is 11.3. The van der Waals surface area contributed by atoms with Crippen LogP contribution in [0.25, 0.3) is 11.0 Å². The van der Waals surface area contributed by atoms with Gasteiger partial charge in [-0.1, -0.05) is 31.4 Å². The number of methoxy groups -OCH3 is 1. The van der Waals surface area contributed by atoms with Crippen molar-refractivity contribution >= 4 is 22.8 Å². The van der Waals surface area contributed by atoms with Gasteiger partial charge in [-0.25, -0.2) is 9.78 Å². The molecule has 1 aliphatic carbocycles. The van der Waals surface area contributed by atoms with E-state index in [1.807, 2.05) is 25.1 Å². The van der Waals surface area contributed by atoms with Crippen LogP contribution in [0.3, 0.4) is 0 Å². The molecule has 8 heteroatoms. The molecule has 0 radical (unpaired) electrons. The lowest BCUT2D eigenvalue weighted by Gasteiger charge is -2.34. The minimum atomic E-state index is -2.84. The molecule has 35 heavy (non-hydrogen) atoms. The molecule has 1 fully saturated rings. The lowest BCUT2D eigenvalue weighted by Crippen LogP contribution is -2.42. The Morgan fingerprint density at radius 3 is 2.51 bits per heavy atom. The van der Waals surface area contributed by atoms with Gasteiger partial charge in [0.05, 0.1) is 23.8 Å². The predicted molar refractivity (Wildman–Crippen MR) is 130 cm³/mol. The van der Waals surface area contributed by atoms with Crippen LogP contribution in [-0.4, -0.2) is 35.4 Å². The van der Waals surface area contributed by atoms with E-state index in [0.717, 1.165) is 59.4 Å². The summed E-state index contributed by atoms with van der Waals surface area (Å²) in [5.74, 6) is 1.11.